The topological polar surface area (TPSA) is 69.7 Å². The lowest BCUT2D eigenvalue weighted by Crippen LogP contribution is -2.33. The minimum Gasteiger partial charge on any atom is -0.457 e. The van der Waals surface area contributed by atoms with Crippen LogP contribution in [0.5, 0.6) is 0 Å². The molecule has 128 valence electrons. The number of carbonyl (C=O) groups excluding carboxylic acids is 3. The standard InChI is InChI=1S/C19H22O5/c1-11(2)18(21)23-16-9-14(10-20)7-5-6-12(3)8-15-17(16)13(4)19(22)24-15/h5,7-11,15-17H,4,6H2,1-3H3/b7-5-,12-8-,14-9+/t15-,16-,17-/m1/s1. The summed E-state index contributed by atoms with van der Waals surface area (Å²) in [4.78, 5) is 35.3. The predicted octanol–water partition coefficient (Wildman–Crippen LogP) is 2.68. The van der Waals surface area contributed by atoms with Crippen molar-refractivity contribution >= 4 is 18.2 Å². The maximum absolute atomic E-state index is 12.1. The number of esters is 2. The zero-order chi connectivity index (χ0) is 17.9. The molecule has 0 aromatic carbocycles. The third kappa shape index (κ3) is 3.91. The van der Waals surface area contributed by atoms with Gasteiger partial charge in [0, 0.05) is 11.1 Å². The van der Waals surface area contributed by atoms with Crippen molar-refractivity contribution in [2.45, 2.75) is 39.4 Å². The van der Waals surface area contributed by atoms with E-state index < -0.39 is 30.1 Å². The van der Waals surface area contributed by atoms with Gasteiger partial charge in [-0.2, -0.15) is 0 Å². The first-order valence-electron chi connectivity index (χ1n) is 7.94. The van der Waals surface area contributed by atoms with Gasteiger partial charge in [-0.25, -0.2) is 4.79 Å². The van der Waals surface area contributed by atoms with Gasteiger partial charge in [0.15, 0.2) is 0 Å². The molecule has 0 N–H and O–H groups in total. The fraction of sp³-hybridized carbons (Fsp3) is 0.421. The van der Waals surface area contributed by atoms with Crippen LogP contribution in [0.4, 0.5) is 0 Å². The van der Waals surface area contributed by atoms with Gasteiger partial charge in [0.2, 0.25) is 0 Å². The van der Waals surface area contributed by atoms with Crippen molar-refractivity contribution in [3.05, 3.63) is 47.6 Å². The molecule has 1 heterocycles. The molecular formula is C19H22O5. The Morgan fingerprint density at radius 1 is 1.42 bits per heavy atom. The van der Waals surface area contributed by atoms with Gasteiger partial charge >= 0.3 is 11.9 Å². The number of fused-ring (bicyclic) bond motifs is 1. The molecule has 24 heavy (non-hydrogen) atoms. The Hall–Kier alpha value is -2.43. The van der Waals surface area contributed by atoms with E-state index in [1.807, 2.05) is 19.1 Å². The van der Waals surface area contributed by atoms with Crippen molar-refractivity contribution in [1.82, 2.24) is 0 Å². The third-order valence-electron chi connectivity index (χ3n) is 4.03. The average molecular weight is 330 g/mol. The quantitative estimate of drug-likeness (QED) is 0.344. The van der Waals surface area contributed by atoms with Crippen LogP contribution in [0.1, 0.15) is 27.2 Å². The van der Waals surface area contributed by atoms with Crippen LogP contribution in [-0.4, -0.2) is 30.4 Å². The number of carbonyl (C=O) groups is 3. The largest absolute Gasteiger partial charge is 0.457 e. The highest BCUT2D eigenvalue weighted by Gasteiger charge is 2.43. The van der Waals surface area contributed by atoms with Crippen molar-refractivity contribution in [3.63, 3.8) is 0 Å². The molecule has 2 aliphatic rings. The molecule has 1 aliphatic carbocycles. The molecule has 0 bridgehead atoms. The molecule has 0 saturated carbocycles. The third-order valence-corrected chi connectivity index (χ3v) is 4.03. The zero-order valence-electron chi connectivity index (χ0n) is 14.2. The second kappa shape index (κ2) is 7.43. The predicted molar refractivity (Wildman–Crippen MR) is 88.9 cm³/mol. The van der Waals surface area contributed by atoms with Gasteiger partial charge in [-0.15, -0.1) is 0 Å². The van der Waals surface area contributed by atoms with Crippen LogP contribution in [0, 0.1) is 11.8 Å². The SMILES string of the molecule is C=C1C(=O)O[C@@H]2/C=C(/C)C/C=C\C(C=O)=C/[C@@H](OC(=O)C(C)C)[C@H]12. The Bertz CT molecular complexity index is 651. The second-order valence-corrected chi connectivity index (χ2v) is 6.38. The van der Waals surface area contributed by atoms with Gasteiger partial charge in [0.25, 0.3) is 0 Å². The fourth-order valence-electron chi connectivity index (χ4n) is 2.66. The first kappa shape index (κ1) is 17.9. The van der Waals surface area contributed by atoms with Gasteiger partial charge in [0.05, 0.1) is 11.8 Å². The van der Waals surface area contributed by atoms with Crippen LogP contribution in [0.25, 0.3) is 0 Å². The molecule has 2 rings (SSSR count). The minimum atomic E-state index is -0.796. The molecule has 0 unspecified atom stereocenters. The molecule has 0 aromatic heterocycles. The van der Waals surface area contributed by atoms with E-state index in [-0.39, 0.29) is 11.5 Å². The van der Waals surface area contributed by atoms with E-state index in [1.165, 1.54) is 0 Å². The number of hydrogen-bond acceptors (Lipinski definition) is 5. The summed E-state index contributed by atoms with van der Waals surface area (Å²) in [6, 6.07) is 0. The molecule has 1 fully saturated rings. The van der Waals surface area contributed by atoms with Gasteiger partial charge in [-0.1, -0.05) is 38.2 Å². The average Bonchev–Trinajstić information content (AvgIpc) is 2.79. The molecule has 0 radical (unpaired) electrons. The Labute approximate surface area is 141 Å². The molecule has 5 nitrogen and oxygen atoms in total. The van der Waals surface area contributed by atoms with E-state index in [4.69, 9.17) is 9.47 Å². The van der Waals surface area contributed by atoms with Crippen LogP contribution >= 0.6 is 0 Å². The van der Waals surface area contributed by atoms with Crippen LogP contribution in [0.2, 0.25) is 0 Å². The molecule has 1 aliphatic heterocycles. The smallest absolute Gasteiger partial charge is 0.334 e. The zero-order valence-corrected chi connectivity index (χ0v) is 14.2. The van der Waals surface area contributed by atoms with Crippen LogP contribution < -0.4 is 0 Å². The molecule has 0 spiro atoms. The van der Waals surface area contributed by atoms with E-state index >= 15 is 0 Å². The summed E-state index contributed by atoms with van der Waals surface area (Å²) in [5.74, 6) is -1.79. The Kier molecular flexibility index (Phi) is 5.54. The van der Waals surface area contributed by atoms with Gasteiger partial charge in [0.1, 0.15) is 18.5 Å². The van der Waals surface area contributed by atoms with Crippen molar-refractivity contribution in [2.75, 3.05) is 0 Å². The summed E-state index contributed by atoms with van der Waals surface area (Å²) >= 11 is 0. The lowest BCUT2D eigenvalue weighted by Gasteiger charge is -2.25. The Balaban J connectivity index is 2.49. The lowest BCUT2D eigenvalue weighted by atomic mass is 9.88. The molecule has 0 amide bonds. The fourth-order valence-corrected chi connectivity index (χ4v) is 2.66. The first-order chi connectivity index (χ1) is 11.3. The lowest BCUT2D eigenvalue weighted by molar-refractivity contribution is -0.153. The molecule has 3 atom stereocenters. The Morgan fingerprint density at radius 3 is 2.75 bits per heavy atom. The van der Waals surface area contributed by atoms with E-state index in [9.17, 15) is 14.4 Å². The van der Waals surface area contributed by atoms with Crippen molar-refractivity contribution in [1.29, 1.82) is 0 Å². The van der Waals surface area contributed by atoms with Crippen molar-refractivity contribution in [2.24, 2.45) is 11.8 Å². The summed E-state index contributed by atoms with van der Waals surface area (Å²) in [5.41, 5.74) is 1.62. The molecule has 1 saturated heterocycles. The summed E-state index contributed by atoms with van der Waals surface area (Å²) in [7, 11) is 0. The van der Waals surface area contributed by atoms with Crippen molar-refractivity contribution in [3.8, 4) is 0 Å². The highest BCUT2D eigenvalue weighted by molar-refractivity contribution is 5.91. The highest BCUT2D eigenvalue weighted by atomic mass is 16.6. The minimum absolute atomic E-state index is 0.247. The van der Waals surface area contributed by atoms with E-state index in [0.29, 0.717) is 18.3 Å². The maximum Gasteiger partial charge on any atom is 0.334 e. The normalized spacial score (nSPS) is 32.8. The summed E-state index contributed by atoms with van der Waals surface area (Å²) in [5, 5.41) is 0. The highest BCUT2D eigenvalue weighted by Crippen LogP contribution is 2.34. The van der Waals surface area contributed by atoms with E-state index in [1.54, 1.807) is 26.0 Å². The molecule has 0 aromatic rings. The van der Waals surface area contributed by atoms with Gasteiger partial charge in [-0.3, -0.25) is 9.59 Å². The van der Waals surface area contributed by atoms with Gasteiger partial charge < -0.3 is 9.47 Å². The number of rotatable bonds is 3. The number of ether oxygens (including phenoxy) is 2. The first-order valence-corrected chi connectivity index (χ1v) is 7.94. The molecular weight excluding hydrogens is 308 g/mol. The maximum atomic E-state index is 12.1. The summed E-state index contributed by atoms with van der Waals surface area (Å²) in [6.07, 6.45) is 6.91. The van der Waals surface area contributed by atoms with E-state index in [0.717, 1.165) is 5.57 Å². The summed E-state index contributed by atoms with van der Waals surface area (Å²) in [6.45, 7) is 9.15. The second-order valence-electron chi connectivity index (χ2n) is 6.38. The van der Waals surface area contributed by atoms with Crippen molar-refractivity contribution < 1.29 is 23.9 Å². The number of allylic oxidation sites excluding steroid dienone is 4. The van der Waals surface area contributed by atoms with Crippen LogP contribution in [-0.2, 0) is 23.9 Å². The number of aldehydes is 1. The Morgan fingerprint density at radius 2 is 2.12 bits per heavy atom. The van der Waals surface area contributed by atoms with E-state index in [2.05, 4.69) is 6.58 Å². The number of hydrogen-bond donors (Lipinski definition) is 0. The monoisotopic (exact) mass is 330 g/mol. The van der Waals surface area contributed by atoms with Crippen LogP contribution in [0.3, 0.4) is 0 Å². The van der Waals surface area contributed by atoms with Gasteiger partial charge in [-0.05, 0) is 25.5 Å². The molecule has 5 heteroatoms. The summed E-state index contributed by atoms with van der Waals surface area (Å²) < 4.78 is 10.9. The van der Waals surface area contributed by atoms with Crippen LogP contribution in [0.15, 0.2) is 47.6 Å².